The van der Waals surface area contributed by atoms with Gasteiger partial charge in [-0.05, 0) is 51.7 Å². The minimum atomic E-state index is -0.484. The van der Waals surface area contributed by atoms with Gasteiger partial charge in [-0.1, -0.05) is 29.8 Å². The van der Waals surface area contributed by atoms with Crippen molar-refractivity contribution in [3.05, 3.63) is 68.7 Å². The molecule has 106 valence electrons. The summed E-state index contributed by atoms with van der Waals surface area (Å²) in [6.45, 7) is 0. The lowest BCUT2D eigenvalue weighted by molar-refractivity contribution is 0.541. The van der Waals surface area contributed by atoms with Gasteiger partial charge in [-0.15, -0.1) is 0 Å². The fourth-order valence-corrected chi connectivity index (χ4v) is 2.38. The van der Waals surface area contributed by atoms with Gasteiger partial charge in [-0.25, -0.2) is 8.78 Å². The Morgan fingerprint density at radius 1 is 1.20 bits per heavy atom. The van der Waals surface area contributed by atoms with Crippen LogP contribution in [0.2, 0.25) is 5.02 Å². The molecule has 2 aromatic carbocycles. The maximum Gasteiger partial charge on any atom is 0.142 e. The lowest BCUT2D eigenvalue weighted by Crippen LogP contribution is -2.29. The standard InChI is InChI=1S/C14H12BrClF2N2/c15-10-5-4-8(6-12(10)18)13(20-19)7-9-2-1-3-11(17)14(9)16/h1-6,13,20H,7,19H2. The SMILES string of the molecule is NNC(Cc1cccc(F)c1Cl)c1ccc(Br)c(F)c1. The molecule has 0 radical (unpaired) electrons. The Labute approximate surface area is 129 Å². The van der Waals surface area contributed by atoms with Crippen LogP contribution in [0.1, 0.15) is 17.2 Å². The van der Waals surface area contributed by atoms with Crippen molar-refractivity contribution in [1.82, 2.24) is 5.43 Å². The second kappa shape index (κ2) is 6.63. The molecule has 1 atom stereocenters. The summed E-state index contributed by atoms with van der Waals surface area (Å²) in [6.07, 6.45) is 0.355. The topological polar surface area (TPSA) is 38.0 Å². The predicted octanol–water partition coefficient (Wildman–Crippen LogP) is 4.13. The molecule has 0 spiro atoms. The van der Waals surface area contributed by atoms with Crippen molar-refractivity contribution in [2.75, 3.05) is 0 Å². The zero-order chi connectivity index (χ0) is 14.7. The highest BCUT2D eigenvalue weighted by Crippen LogP contribution is 2.27. The number of nitrogens with one attached hydrogen (secondary N) is 1. The van der Waals surface area contributed by atoms with Crippen LogP contribution < -0.4 is 11.3 Å². The van der Waals surface area contributed by atoms with Crippen molar-refractivity contribution in [3.8, 4) is 0 Å². The molecular weight excluding hydrogens is 350 g/mol. The minimum Gasteiger partial charge on any atom is -0.271 e. The van der Waals surface area contributed by atoms with E-state index in [9.17, 15) is 8.78 Å². The molecule has 0 saturated heterocycles. The van der Waals surface area contributed by atoms with Gasteiger partial charge in [0.1, 0.15) is 11.6 Å². The van der Waals surface area contributed by atoms with E-state index >= 15 is 0 Å². The molecule has 2 aromatic rings. The minimum absolute atomic E-state index is 0.0605. The van der Waals surface area contributed by atoms with Crippen LogP contribution in [0.15, 0.2) is 40.9 Å². The molecule has 1 unspecified atom stereocenters. The van der Waals surface area contributed by atoms with Crippen molar-refractivity contribution in [3.63, 3.8) is 0 Å². The third-order valence-electron chi connectivity index (χ3n) is 3.00. The predicted molar refractivity (Wildman–Crippen MR) is 79.3 cm³/mol. The maximum atomic E-state index is 13.6. The van der Waals surface area contributed by atoms with Crippen LogP contribution in [0.25, 0.3) is 0 Å². The van der Waals surface area contributed by atoms with Gasteiger partial charge in [0.25, 0.3) is 0 Å². The first-order chi connectivity index (χ1) is 9.52. The highest BCUT2D eigenvalue weighted by Gasteiger charge is 2.15. The van der Waals surface area contributed by atoms with Crippen molar-refractivity contribution >= 4 is 27.5 Å². The van der Waals surface area contributed by atoms with Gasteiger partial charge in [0.2, 0.25) is 0 Å². The molecule has 0 aliphatic heterocycles. The van der Waals surface area contributed by atoms with Gasteiger partial charge in [-0.3, -0.25) is 11.3 Å². The first-order valence-electron chi connectivity index (χ1n) is 5.87. The zero-order valence-electron chi connectivity index (χ0n) is 10.3. The second-order valence-corrected chi connectivity index (χ2v) is 5.54. The van der Waals surface area contributed by atoms with Gasteiger partial charge >= 0.3 is 0 Å². The van der Waals surface area contributed by atoms with Crippen molar-refractivity contribution < 1.29 is 8.78 Å². The molecule has 2 nitrogen and oxygen atoms in total. The highest BCUT2D eigenvalue weighted by molar-refractivity contribution is 9.10. The maximum absolute atomic E-state index is 13.6. The van der Waals surface area contributed by atoms with Crippen molar-refractivity contribution in [2.24, 2.45) is 5.84 Å². The lowest BCUT2D eigenvalue weighted by Gasteiger charge is -2.17. The van der Waals surface area contributed by atoms with Crippen LogP contribution in [0.5, 0.6) is 0 Å². The summed E-state index contributed by atoms with van der Waals surface area (Å²) in [7, 11) is 0. The van der Waals surface area contributed by atoms with Crippen LogP contribution in [0.3, 0.4) is 0 Å². The van der Waals surface area contributed by atoms with Gasteiger partial charge in [-0.2, -0.15) is 0 Å². The molecule has 0 amide bonds. The Balaban J connectivity index is 2.28. The first-order valence-corrected chi connectivity index (χ1v) is 7.04. The van der Waals surface area contributed by atoms with Crippen LogP contribution in [0.4, 0.5) is 8.78 Å². The lowest BCUT2D eigenvalue weighted by atomic mass is 9.99. The second-order valence-electron chi connectivity index (χ2n) is 4.31. The summed E-state index contributed by atoms with van der Waals surface area (Å²) in [5.74, 6) is 4.64. The molecule has 3 N–H and O–H groups in total. The number of nitrogens with two attached hydrogens (primary N) is 1. The first kappa shape index (κ1) is 15.4. The number of rotatable bonds is 4. The summed E-state index contributed by atoms with van der Waals surface area (Å²) in [4.78, 5) is 0. The van der Waals surface area contributed by atoms with E-state index in [4.69, 9.17) is 17.4 Å². The average Bonchev–Trinajstić information content (AvgIpc) is 2.44. The van der Waals surface area contributed by atoms with Crippen molar-refractivity contribution in [2.45, 2.75) is 12.5 Å². The molecule has 0 aliphatic rings. The third kappa shape index (κ3) is 3.35. The quantitative estimate of drug-likeness (QED) is 0.635. The molecule has 0 aromatic heterocycles. The van der Waals surface area contributed by atoms with E-state index < -0.39 is 5.82 Å². The number of hydrogen-bond donors (Lipinski definition) is 2. The van der Waals surface area contributed by atoms with E-state index in [1.54, 1.807) is 24.3 Å². The van der Waals surface area contributed by atoms with Crippen molar-refractivity contribution in [1.29, 1.82) is 0 Å². The van der Waals surface area contributed by atoms with E-state index in [1.807, 2.05) is 0 Å². The van der Waals surface area contributed by atoms with Gasteiger partial charge in [0.05, 0.1) is 15.5 Å². The van der Waals surface area contributed by atoms with Gasteiger partial charge in [0.15, 0.2) is 0 Å². The smallest absolute Gasteiger partial charge is 0.142 e. The molecule has 20 heavy (non-hydrogen) atoms. The average molecular weight is 362 g/mol. The monoisotopic (exact) mass is 360 g/mol. The van der Waals surface area contributed by atoms with Crippen LogP contribution >= 0.6 is 27.5 Å². The number of hydrazine groups is 1. The summed E-state index contributed by atoms with van der Waals surface area (Å²) in [6, 6.07) is 8.93. The molecule has 0 heterocycles. The summed E-state index contributed by atoms with van der Waals surface area (Å²) in [5.41, 5.74) is 3.87. The van der Waals surface area contributed by atoms with Gasteiger partial charge in [0, 0.05) is 0 Å². The summed E-state index contributed by atoms with van der Waals surface area (Å²) < 4.78 is 27.3. The zero-order valence-corrected chi connectivity index (χ0v) is 12.7. The molecule has 0 saturated carbocycles. The van der Waals surface area contributed by atoms with E-state index in [-0.39, 0.29) is 16.9 Å². The molecule has 2 rings (SSSR count). The largest absolute Gasteiger partial charge is 0.271 e. The molecule has 0 fully saturated rings. The Bertz CT molecular complexity index is 622. The molecular formula is C14H12BrClF2N2. The highest BCUT2D eigenvalue weighted by atomic mass is 79.9. The van der Waals surface area contributed by atoms with E-state index in [2.05, 4.69) is 21.4 Å². The third-order valence-corrected chi connectivity index (χ3v) is 4.07. The van der Waals surface area contributed by atoms with Crippen LogP contribution in [0, 0.1) is 11.6 Å². The van der Waals surface area contributed by atoms with Crippen LogP contribution in [-0.2, 0) is 6.42 Å². The number of halogens is 4. The fourth-order valence-electron chi connectivity index (χ4n) is 1.93. The number of benzene rings is 2. The Hall–Kier alpha value is -1.01. The van der Waals surface area contributed by atoms with E-state index in [0.717, 1.165) is 0 Å². The molecule has 0 aliphatic carbocycles. The fraction of sp³-hybridized carbons (Fsp3) is 0.143. The molecule has 0 bridgehead atoms. The summed E-state index contributed by atoms with van der Waals surface area (Å²) >= 11 is 9.00. The van der Waals surface area contributed by atoms with E-state index in [0.29, 0.717) is 22.0 Å². The normalized spacial score (nSPS) is 12.4. The number of hydrogen-bond acceptors (Lipinski definition) is 2. The molecule has 6 heteroatoms. The van der Waals surface area contributed by atoms with E-state index in [1.165, 1.54) is 12.1 Å². The summed E-state index contributed by atoms with van der Waals surface area (Å²) in [5, 5.41) is 0.0605. The Morgan fingerprint density at radius 2 is 1.95 bits per heavy atom. The van der Waals surface area contributed by atoms with Gasteiger partial charge < -0.3 is 0 Å². The Kier molecular flexibility index (Phi) is 5.10. The van der Waals surface area contributed by atoms with Crippen LogP contribution in [-0.4, -0.2) is 0 Å². The Morgan fingerprint density at radius 3 is 2.60 bits per heavy atom.